The molecular formula is C12H14BrNO. The van der Waals surface area contributed by atoms with Gasteiger partial charge >= 0.3 is 0 Å². The standard InChI is InChI=1S/C12H14BrNO/c1-2-3-7-14-9-12(15)10-5-4-6-11(13)8-10/h4-6,8,12,14-15H,7,9H2,1H3. The summed E-state index contributed by atoms with van der Waals surface area (Å²) in [5, 5.41) is 12.9. The van der Waals surface area contributed by atoms with Crippen LogP contribution in [0.1, 0.15) is 18.6 Å². The topological polar surface area (TPSA) is 32.3 Å². The normalized spacial score (nSPS) is 11.7. The Morgan fingerprint density at radius 1 is 1.53 bits per heavy atom. The molecule has 3 heteroatoms. The Balaban J connectivity index is 2.45. The molecule has 0 amide bonds. The van der Waals surface area contributed by atoms with Crippen LogP contribution >= 0.6 is 15.9 Å². The van der Waals surface area contributed by atoms with E-state index in [-0.39, 0.29) is 0 Å². The minimum atomic E-state index is -0.485. The zero-order valence-corrected chi connectivity index (χ0v) is 10.2. The van der Waals surface area contributed by atoms with Crippen LogP contribution < -0.4 is 5.32 Å². The van der Waals surface area contributed by atoms with Gasteiger partial charge < -0.3 is 10.4 Å². The Morgan fingerprint density at radius 2 is 2.33 bits per heavy atom. The number of aliphatic hydroxyl groups excluding tert-OH is 1. The molecule has 2 N–H and O–H groups in total. The third-order valence-corrected chi connectivity index (χ3v) is 2.45. The highest BCUT2D eigenvalue weighted by molar-refractivity contribution is 9.10. The predicted octanol–water partition coefficient (Wildman–Crippen LogP) is 2.10. The lowest BCUT2D eigenvalue weighted by Crippen LogP contribution is -2.21. The maximum absolute atomic E-state index is 9.81. The lowest BCUT2D eigenvalue weighted by molar-refractivity contribution is 0.176. The van der Waals surface area contributed by atoms with Crippen molar-refractivity contribution in [3.63, 3.8) is 0 Å². The van der Waals surface area contributed by atoms with Crippen LogP contribution in [0.2, 0.25) is 0 Å². The van der Waals surface area contributed by atoms with Gasteiger partial charge in [-0.3, -0.25) is 0 Å². The highest BCUT2D eigenvalue weighted by Crippen LogP contribution is 2.17. The summed E-state index contributed by atoms with van der Waals surface area (Å²) in [5.74, 6) is 5.67. The molecule has 80 valence electrons. The number of hydrogen-bond donors (Lipinski definition) is 2. The van der Waals surface area contributed by atoms with Gasteiger partial charge in [0, 0.05) is 11.0 Å². The van der Waals surface area contributed by atoms with Crippen molar-refractivity contribution in [1.82, 2.24) is 5.32 Å². The summed E-state index contributed by atoms with van der Waals surface area (Å²) in [6.07, 6.45) is -0.485. The van der Waals surface area contributed by atoms with Crippen LogP contribution in [0.25, 0.3) is 0 Å². The first-order chi connectivity index (χ1) is 7.24. The van der Waals surface area contributed by atoms with E-state index in [0.29, 0.717) is 13.1 Å². The molecule has 15 heavy (non-hydrogen) atoms. The van der Waals surface area contributed by atoms with Crippen molar-refractivity contribution in [3.8, 4) is 11.8 Å². The molecule has 1 unspecified atom stereocenters. The number of halogens is 1. The van der Waals surface area contributed by atoms with Crippen LogP contribution in [0.4, 0.5) is 0 Å². The third-order valence-electron chi connectivity index (χ3n) is 1.96. The SMILES string of the molecule is CC#CCNCC(O)c1cccc(Br)c1. The van der Waals surface area contributed by atoms with Gasteiger partial charge in [-0.1, -0.05) is 34.0 Å². The molecule has 0 aliphatic rings. The monoisotopic (exact) mass is 267 g/mol. The Bertz CT molecular complexity index is 367. The van der Waals surface area contributed by atoms with Gasteiger partial charge in [-0.2, -0.15) is 0 Å². The van der Waals surface area contributed by atoms with Crippen LogP contribution in [0, 0.1) is 11.8 Å². The molecule has 0 saturated heterocycles. The predicted molar refractivity (Wildman–Crippen MR) is 65.4 cm³/mol. The van der Waals surface area contributed by atoms with Gasteiger partial charge in [0.05, 0.1) is 12.6 Å². The van der Waals surface area contributed by atoms with E-state index in [2.05, 4.69) is 33.1 Å². The van der Waals surface area contributed by atoms with E-state index in [9.17, 15) is 5.11 Å². The number of rotatable bonds is 4. The molecule has 0 bridgehead atoms. The van der Waals surface area contributed by atoms with Crippen LogP contribution in [0.5, 0.6) is 0 Å². The van der Waals surface area contributed by atoms with E-state index >= 15 is 0 Å². The summed E-state index contributed by atoms with van der Waals surface area (Å²) in [7, 11) is 0. The van der Waals surface area contributed by atoms with E-state index in [4.69, 9.17) is 0 Å². The zero-order chi connectivity index (χ0) is 11.1. The fraction of sp³-hybridized carbons (Fsp3) is 0.333. The van der Waals surface area contributed by atoms with Crippen LogP contribution in [0.3, 0.4) is 0 Å². The van der Waals surface area contributed by atoms with Gasteiger partial charge in [-0.25, -0.2) is 0 Å². The molecule has 0 saturated carbocycles. The van der Waals surface area contributed by atoms with Gasteiger partial charge in [0.2, 0.25) is 0 Å². The van der Waals surface area contributed by atoms with Crippen LogP contribution in [-0.2, 0) is 0 Å². The number of nitrogens with one attached hydrogen (secondary N) is 1. The largest absolute Gasteiger partial charge is 0.387 e. The molecule has 0 heterocycles. The second kappa shape index (κ2) is 6.62. The summed E-state index contributed by atoms with van der Waals surface area (Å²) < 4.78 is 0.979. The Morgan fingerprint density at radius 3 is 3.00 bits per heavy atom. The minimum absolute atomic E-state index is 0.485. The summed E-state index contributed by atoms with van der Waals surface area (Å²) in [5.41, 5.74) is 0.904. The van der Waals surface area contributed by atoms with Crippen molar-refractivity contribution in [2.45, 2.75) is 13.0 Å². The first-order valence-electron chi connectivity index (χ1n) is 4.78. The van der Waals surface area contributed by atoms with Crippen molar-refractivity contribution in [3.05, 3.63) is 34.3 Å². The maximum atomic E-state index is 9.81. The molecule has 0 aliphatic heterocycles. The van der Waals surface area contributed by atoms with E-state index in [1.54, 1.807) is 6.92 Å². The average Bonchev–Trinajstić information content (AvgIpc) is 2.24. The van der Waals surface area contributed by atoms with Gasteiger partial charge in [-0.05, 0) is 24.6 Å². The molecule has 2 nitrogen and oxygen atoms in total. The summed E-state index contributed by atoms with van der Waals surface area (Å²) in [4.78, 5) is 0. The van der Waals surface area contributed by atoms with Crippen molar-refractivity contribution in [2.24, 2.45) is 0 Å². The Labute approximate surface area is 98.8 Å². The van der Waals surface area contributed by atoms with Crippen molar-refractivity contribution in [2.75, 3.05) is 13.1 Å². The highest BCUT2D eigenvalue weighted by Gasteiger charge is 2.06. The second-order valence-corrected chi connectivity index (χ2v) is 4.04. The second-order valence-electron chi connectivity index (χ2n) is 3.13. The summed E-state index contributed by atoms with van der Waals surface area (Å²) in [6.45, 7) is 2.93. The van der Waals surface area contributed by atoms with Crippen molar-refractivity contribution in [1.29, 1.82) is 0 Å². The molecule has 0 spiro atoms. The molecule has 0 aromatic heterocycles. The van der Waals surface area contributed by atoms with Crippen molar-refractivity contribution >= 4 is 15.9 Å². The number of benzene rings is 1. The van der Waals surface area contributed by atoms with Gasteiger partial charge in [0.25, 0.3) is 0 Å². The lowest BCUT2D eigenvalue weighted by atomic mass is 10.1. The maximum Gasteiger partial charge on any atom is 0.0915 e. The fourth-order valence-electron chi connectivity index (χ4n) is 1.19. The van der Waals surface area contributed by atoms with E-state index < -0.39 is 6.10 Å². The fourth-order valence-corrected chi connectivity index (χ4v) is 1.61. The van der Waals surface area contributed by atoms with E-state index in [0.717, 1.165) is 10.0 Å². The van der Waals surface area contributed by atoms with Crippen LogP contribution in [0.15, 0.2) is 28.7 Å². The first kappa shape index (κ1) is 12.3. The van der Waals surface area contributed by atoms with E-state index in [1.165, 1.54) is 0 Å². The first-order valence-corrected chi connectivity index (χ1v) is 5.57. The molecule has 1 aromatic rings. The molecule has 0 aliphatic carbocycles. The smallest absolute Gasteiger partial charge is 0.0915 e. The zero-order valence-electron chi connectivity index (χ0n) is 8.63. The Kier molecular flexibility index (Phi) is 5.41. The molecule has 0 radical (unpaired) electrons. The average molecular weight is 268 g/mol. The highest BCUT2D eigenvalue weighted by atomic mass is 79.9. The number of aliphatic hydroxyl groups is 1. The molecular weight excluding hydrogens is 254 g/mol. The van der Waals surface area contributed by atoms with Gasteiger partial charge in [-0.15, -0.1) is 5.92 Å². The minimum Gasteiger partial charge on any atom is -0.387 e. The van der Waals surface area contributed by atoms with Gasteiger partial charge in [0.1, 0.15) is 0 Å². The molecule has 1 atom stereocenters. The third kappa shape index (κ3) is 4.48. The quantitative estimate of drug-likeness (QED) is 0.647. The summed E-state index contributed by atoms with van der Waals surface area (Å²) in [6, 6.07) is 7.67. The molecule has 0 fully saturated rings. The van der Waals surface area contributed by atoms with E-state index in [1.807, 2.05) is 24.3 Å². The lowest BCUT2D eigenvalue weighted by Gasteiger charge is -2.11. The number of hydrogen-bond acceptors (Lipinski definition) is 2. The summed E-state index contributed by atoms with van der Waals surface area (Å²) >= 11 is 3.37. The van der Waals surface area contributed by atoms with Crippen molar-refractivity contribution < 1.29 is 5.11 Å². The van der Waals surface area contributed by atoms with Crippen LogP contribution in [-0.4, -0.2) is 18.2 Å². The molecule has 1 rings (SSSR count). The molecule has 1 aromatic carbocycles. The van der Waals surface area contributed by atoms with Gasteiger partial charge in [0.15, 0.2) is 0 Å². The Hall–Kier alpha value is -0.820.